The van der Waals surface area contributed by atoms with Gasteiger partial charge in [0, 0.05) is 19.2 Å². The summed E-state index contributed by atoms with van der Waals surface area (Å²) in [5, 5.41) is 10.0. The molecule has 1 N–H and O–H groups in total. The van der Waals surface area contributed by atoms with Gasteiger partial charge in [-0.2, -0.15) is 12.7 Å². The summed E-state index contributed by atoms with van der Waals surface area (Å²) >= 11 is 0. The van der Waals surface area contributed by atoms with Gasteiger partial charge in [-0.25, -0.2) is 4.72 Å². The molecule has 98 valence electrons. The molecule has 9 heteroatoms. The van der Waals surface area contributed by atoms with Crippen molar-refractivity contribution in [1.29, 1.82) is 0 Å². The fraction of sp³-hybridized carbons (Fsp3) is 0.222. The molecule has 2 rings (SSSR count). The SMILES string of the molecule is CN1CC(=O)NS1(=O)=O.O=[N+]([O-])c1ccccc1. The number of hydrogen-bond acceptors (Lipinski definition) is 5. The predicted molar refractivity (Wildman–Crippen MR) is 62.8 cm³/mol. The first kappa shape index (κ1) is 14.1. The molecule has 0 saturated carbocycles. The van der Waals surface area contributed by atoms with Gasteiger partial charge in [-0.05, 0) is 0 Å². The van der Waals surface area contributed by atoms with Gasteiger partial charge in [0.15, 0.2) is 0 Å². The quantitative estimate of drug-likeness (QED) is 0.567. The third kappa shape index (κ3) is 3.79. The van der Waals surface area contributed by atoms with E-state index >= 15 is 0 Å². The van der Waals surface area contributed by atoms with E-state index < -0.39 is 21.0 Å². The average Bonchev–Trinajstić information content (AvgIpc) is 2.52. The summed E-state index contributed by atoms with van der Waals surface area (Å²) in [7, 11) is -2.10. The van der Waals surface area contributed by atoms with Crippen molar-refractivity contribution in [2.45, 2.75) is 0 Å². The molecule has 0 bridgehead atoms. The molecular formula is C9H11N3O5S. The number of nitro benzene ring substituents is 1. The highest BCUT2D eigenvalue weighted by Gasteiger charge is 2.29. The van der Waals surface area contributed by atoms with Crippen molar-refractivity contribution >= 4 is 21.8 Å². The maximum atomic E-state index is 10.6. The zero-order chi connectivity index (χ0) is 13.8. The predicted octanol–water partition coefficient (Wildman–Crippen LogP) is -0.112. The van der Waals surface area contributed by atoms with E-state index in [1.165, 1.54) is 19.2 Å². The summed E-state index contributed by atoms with van der Waals surface area (Å²) in [5.41, 5.74) is 0.137. The smallest absolute Gasteiger partial charge is 0.272 e. The molecule has 8 nitrogen and oxygen atoms in total. The van der Waals surface area contributed by atoms with Gasteiger partial charge in [0.05, 0.1) is 11.5 Å². The van der Waals surface area contributed by atoms with Crippen LogP contribution in [-0.4, -0.2) is 37.1 Å². The van der Waals surface area contributed by atoms with Crippen LogP contribution in [0, 0.1) is 10.1 Å². The van der Waals surface area contributed by atoms with Crippen LogP contribution in [-0.2, 0) is 15.0 Å². The van der Waals surface area contributed by atoms with E-state index in [0.717, 1.165) is 4.31 Å². The second-order valence-electron chi connectivity index (χ2n) is 3.38. The van der Waals surface area contributed by atoms with E-state index in [9.17, 15) is 23.3 Å². The third-order valence-corrected chi connectivity index (χ3v) is 3.42. The number of nitrogens with one attached hydrogen (secondary N) is 1. The number of nitrogens with zero attached hydrogens (tertiary/aromatic N) is 2. The minimum atomic E-state index is -3.44. The molecule has 1 aromatic carbocycles. The fourth-order valence-corrected chi connectivity index (χ4v) is 1.89. The zero-order valence-corrected chi connectivity index (χ0v) is 10.3. The summed E-state index contributed by atoms with van der Waals surface area (Å²) in [6.07, 6.45) is 0. The monoisotopic (exact) mass is 273 g/mol. The second kappa shape index (κ2) is 5.56. The molecule has 0 radical (unpaired) electrons. The normalized spacial score (nSPS) is 17.5. The minimum absolute atomic E-state index is 0.0671. The number of amides is 1. The number of para-hydroxylation sites is 1. The summed E-state index contributed by atoms with van der Waals surface area (Å²) in [6.45, 7) is -0.0671. The molecule has 1 aliphatic heterocycles. The lowest BCUT2D eigenvalue weighted by molar-refractivity contribution is -0.384. The number of likely N-dealkylation sites (N-methyl/N-ethyl adjacent to an activating group) is 1. The molecule has 0 aromatic heterocycles. The zero-order valence-electron chi connectivity index (χ0n) is 9.44. The fourth-order valence-electron chi connectivity index (χ4n) is 1.09. The Morgan fingerprint density at radius 1 is 1.33 bits per heavy atom. The number of carbonyl (C=O) groups excluding carboxylic acids is 1. The Bertz CT molecular complexity index is 543. The number of benzene rings is 1. The number of hydrogen-bond donors (Lipinski definition) is 1. The average molecular weight is 273 g/mol. The Hall–Kier alpha value is -2.00. The Morgan fingerprint density at radius 3 is 2.11 bits per heavy atom. The highest BCUT2D eigenvalue weighted by Crippen LogP contribution is 2.06. The lowest BCUT2D eigenvalue weighted by Crippen LogP contribution is -2.26. The van der Waals surface area contributed by atoms with Gasteiger partial charge in [0.2, 0.25) is 5.91 Å². The molecule has 1 aromatic rings. The maximum absolute atomic E-state index is 10.6. The highest BCUT2D eigenvalue weighted by atomic mass is 32.2. The summed E-state index contributed by atoms with van der Waals surface area (Å²) in [5.74, 6) is -0.475. The van der Waals surface area contributed by atoms with Crippen LogP contribution in [0.2, 0.25) is 0 Å². The largest absolute Gasteiger partial charge is 0.304 e. The number of carbonyl (C=O) groups is 1. The van der Waals surface area contributed by atoms with Crippen molar-refractivity contribution in [1.82, 2.24) is 9.03 Å². The van der Waals surface area contributed by atoms with E-state index in [-0.39, 0.29) is 12.2 Å². The molecule has 1 amide bonds. The van der Waals surface area contributed by atoms with Gasteiger partial charge in [-0.15, -0.1) is 0 Å². The van der Waals surface area contributed by atoms with E-state index in [0.29, 0.717) is 0 Å². The summed E-state index contributed by atoms with van der Waals surface area (Å²) in [4.78, 5) is 19.9. The van der Waals surface area contributed by atoms with Crippen molar-refractivity contribution in [3.63, 3.8) is 0 Å². The molecular weight excluding hydrogens is 262 g/mol. The Morgan fingerprint density at radius 2 is 1.89 bits per heavy atom. The molecule has 0 unspecified atom stereocenters. The standard InChI is InChI=1S/C6H5NO2.C3H6N2O3S/c8-7(9)6-4-2-1-3-5-6;1-5-2-3(6)4-9(5,7)8/h1-5H;2H2,1H3,(H,4,6). The first-order chi connectivity index (χ1) is 8.33. The van der Waals surface area contributed by atoms with Crippen LogP contribution in [0.3, 0.4) is 0 Å². The van der Waals surface area contributed by atoms with E-state index in [4.69, 9.17) is 0 Å². The Balaban J connectivity index is 0.000000180. The molecule has 0 spiro atoms. The minimum Gasteiger partial charge on any atom is -0.272 e. The molecule has 18 heavy (non-hydrogen) atoms. The summed E-state index contributed by atoms with van der Waals surface area (Å²) < 4.78 is 23.9. The Labute approximate surface area is 104 Å². The molecule has 1 saturated heterocycles. The van der Waals surface area contributed by atoms with Crippen LogP contribution in [0.1, 0.15) is 0 Å². The van der Waals surface area contributed by atoms with Crippen LogP contribution >= 0.6 is 0 Å². The van der Waals surface area contributed by atoms with Crippen molar-refractivity contribution < 1.29 is 18.1 Å². The number of nitro groups is 1. The van der Waals surface area contributed by atoms with Gasteiger partial charge in [-0.1, -0.05) is 18.2 Å². The third-order valence-electron chi connectivity index (χ3n) is 1.99. The molecule has 1 heterocycles. The van der Waals surface area contributed by atoms with Gasteiger partial charge >= 0.3 is 10.2 Å². The van der Waals surface area contributed by atoms with Crippen LogP contribution in [0.5, 0.6) is 0 Å². The lowest BCUT2D eigenvalue weighted by atomic mass is 10.3. The molecule has 0 atom stereocenters. The first-order valence-electron chi connectivity index (χ1n) is 4.79. The van der Waals surface area contributed by atoms with Crippen LogP contribution < -0.4 is 4.72 Å². The van der Waals surface area contributed by atoms with Crippen LogP contribution in [0.4, 0.5) is 5.69 Å². The number of rotatable bonds is 1. The molecule has 0 aliphatic carbocycles. The van der Waals surface area contributed by atoms with Gasteiger partial charge in [0.25, 0.3) is 5.69 Å². The highest BCUT2D eigenvalue weighted by molar-refractivity contribution is 7.88. The van der Waals surface area contributed by atoms with Crippen molar-refractivity contribution in [2.24, 2.45) is 0 Å². The first-order valence-corrected chi connectivity index (χ1v) is 6.23. The van der Waals surface area contributed by atoms with Crippen LogP contribution in [0.25, 0.3) is 0 Å². The topological polar surface area (TPSA) is 110 Å². The second-order valence-corrected chi connectivity index (χ2v) is 5.16. The van der Waals surface area contributed by atoms with Gasteiger partial charge in [-0.3, -0.25) is 14.9 Å². The molecule has 1 aliphatic rings. The van der Waals surface area contributed by atoms with Crippen molar-refractivity contribution in [3.8, 4) is 0 Å². The lowest BCUT2D eigenvalue weighted by Gasteiger charge is -2.00. The Kier molecular flexibility index (Phi) is 4.34. The van der Waals surface area contributed by atoms with E-state index in [1.807, 2.05) is 0 Å². The van der Waals surface area contributed by atoms with Crippen LogP contribution in [0.15, 0.2) is 30.3 Å². The number of non-ortho nitro benzene ring substituents is 1. The van der Waals surface area contributed by atoms with Gasteiger partial charge in [0.1, 0.15) is 0 Å². The van der Waals surface area contributed by atoms with Crippen molar-refractivity contribution in [3.05, 3.63) is 40.4 Å². The maximum Gasteiger partial charge on any atom is 0.304 e. The van der Waals surface area contributed by atoms with Crippen molar-refractivity contribution in [2.75, 3.05) is 13.6 Å². The van der Waals surface area contributed by atoms with E-state index in [1.54, 1.807) is 22.9 Å². The van der Waals surface area contributed by atoms with E-state index in [2.05, 4.69) is 0 Å². The molecule has 1 fully saturated rings. The van der Waals surface area contributed by atoms with Gasteiger partial charge < -0.3 is 0 Å². The summed E-state index contributed by atoms with van der Waals surface area (Å²) in [6, 6.07) is 7.93.